The summed E-state index contributed by atoms with van der Waals surface area (Å²) in [5, 5.41) is 1.57. The SMILES string of the molecule is [2H]C([2H])(N)C([2H])([2H])C([2H])([2H])C([2H])([2H])NC(=O)OC(C)(C)C. The molecule has 0 saturated heterocycles. The fourth-order valence-electron chi connectivity index (χ4n) is 0.453. The van der Waals surface area contributed by atoms with Crippen LogP contribution in [0.2, 0.25) is 0 Å². The average molecular weight is 196 g/mol. The van der Waals surface area contributed by atoms with Gasteiger partial charge in [0.15, 0.2) is 0 Å². The highest BCUT2D eigenvalue weighted by Gasteiger charge is 2.15. The predicted molar refractivity (Wildman–Crippen MR) is 52.5 cm³/mol. The molecule has 4 heteroatoms. The van der Waals surface area contributed by atoms with Crippen molar-refractivity contribution in [3.8, 4) is 0 Å². The molecule has 0 saturated carbocycles. The summed E-state index contributed by atoms with van der Waals surface area (Å²) in [5.41, 5.74) is 3.97. The Bertz CT molecular complexity index is 400. The molecule has 0 aliphatic rings. The highest BCUT2D eigenvalue weighted by molar-refractivity contribution is 5.67. The van der Waals surface area contributed by atoms with E-state index in [2.05, 4.69) is 0 Å². The summed E-state index contributed by atoms with van der Waals surface area (Å²) < 4.78 is 64.0. The molecule has 0 atom stereocenters. The highest BCUT2D eigenvalue weighted by Crippen LogP contribution is 2.06. The van der Waals surface area contributed by atoms with Crippen molar-refractivity contribution in [2.24, 2.45) is 5.73 Å². The van der Waals surface area contributed by atoms with Crippen LogP contribution < -0.4 is 11.1 Å². The minimum Gasteiger partial charge on any atom is -0.444 e. The summed E-state index contributed by atoms with van der Waals surface area (Å²) in [6.45, 7) is -1.90. The fourth-order valence-corrected chi connectivity index (χ4v) is 0.453. The van der Waals surface area contributed by atoms with Gasteiger partial charge in [0, 0.05) is 17.5 Å². The van der Waals surface area contributed by atoms with E-state index in [-0.39, 0.29) is 0 Å². The van der Waals surface area contributed by atoms with Crippen molar-refractivity contribution in [2.75, 3.05) is 13.0 Å². The van der Waals surface area contributed by atoms with Gasteiger partial charge in [-0.3, -0.25) is 0 Å². The molecule has 0 aliphatic heterocycles. The van der Waals surface area contributed by atoms with Crippen LogP contribution in [-0.4, -0.2) is 24.7 Å². The lowest BCUT2D eigenvalue weighted by atomic mass is 10.2. The van der Waals surface area contributed by atoms with Crippen molar-refractivity contribution >= 4 is 6.09 Å². The molecule has 0 heterocycles. The third kappa shape index (κ3) is 9.14. The normalized spacial score (nSPS) is 24.6. The predicted octanol–water partition coefficient (Wildman–Crippen LogP) is 1.25. The minimum atomic E-state index is -3.46. The Kier molecular flexibility index (Phi) is 1.86. The van der Waals surface area contributed by atoms with Gasteiger partial charge in [0.2, 0.25) is 0 Å². The largest absolute Gasteiger partial charge is 0.444 e. The van der Waals surface area contributed by atoms with Crippen LogP contribution in [0.15, 0.2) is 0 Å². The van der Waals surface area contributed by atoms with Gasteiger partial charge in [-0.1, -0.05) is 0 Å². The Balaban J connectivity index is 5.36. The number of alkyl carbamates (subject to hydrolysis) is 1. The standard InChI is InChI=1S/C9H20N2O2/c1-9(2,3)13-8(12)11-7-5-4-6-10/h4-7,10H2,1-3H3,(H,11,12)/i4D2,5D2,6D2,7D2. The van der Waals surface area contributed by atoms with Crippen molar-refractivity contribution in [3.63, 3.8) is 0 Å². The van der Waals surface area contributed by atoms with Crippen molar-refractivity contribution in [2.45, 2.75) is 39.1 Å². The number of ether oxygens (including phenoxy) is 1. The van der Waals surface area contributed by atoms with Gasteiger partial charge in [-0.05, 0) is 40.0 Å². The Labute approximate surface area is 91.1 Å². The Morgan fingerprint density at radius 2 is 2.15 bits per heavy atom. The van der Waals surface area contributed by atoms with E-state index in [1.807, 2.05) is 0 Å². The molecule has 0 aliphatic carbocycles. The van der Waals surface area contributed by atoms with E-state index in [0.29, 0.717) is 0 Å². The lowest BCUT2D eigenvalue weighted by Crippen LogP contribution is -2.33. The lowest BCUT2D eigenvalue weighted by molar-refractivity contribution is 0.0527. The first-order valence-corrected chi connectivity index (χ1v) is 3.65. The first-order valence-electron chi connectivity index (χ1n) is 7.65. The van der Waals surface area contributed by atoms with Gasteiger partial charge in [-0.25, -0.2) is 4.79 Å². The molecule has 0 rings (SSSR count). The lowest BCUT2D eigenvalue weighted by Gasteiger charge is -2.19. The van der Waals surface area contributed by atoms with E-state index in [4.69, 9.17) is 21.4 Å². The zero-order valence-corrected chi connectivity index (χ0v) is 7.89. The first kappa shape index (κ1) is 4.17. The minimum absolute atomic E-state index is 0.964. The summed E-state index contributed by atoms with van der Waals surface area (Å²) in [4.78, 5) is 11.5. The van der Waals surface area contributed by atoms with E-state index in [0.717, 1.165) is 0 Å². The van der Waals surface area contributed by atoms with E-state index in [1.165, 1.54) is 20.8 Å². The van der Waals surface area contributed by atoms with Gasteiger partial charge in [-0.2, -0.15) is 0 Å². The second-order valence-corrected chi connectivity index (χ2v) is 3.15. The third-order valence-electron chi connectivity index (χ3n) is 0.761. The van der Waals surface area contributed by atoms with Gasteiger partial charge in [0.1, 0.15) is 5.60 Å². The molecule has 0 radical (unpaired) electrons. The maximum atomic E-state index is 11.5. The summed E-state index contributed by atoms with van der Waals surface area (Å²) in [6.07, 6.45) is -8.18. The summed E-state index contributed by atoms with van der Waals surface area (Å²) in [7, 11) is 0. The zero-order chi connectivity index (χ0) is 17.5. The molecule has 78 valence electrons. The topological polar surface area (TPSA) is 64.3 Å². The van der Waals surface area contributed by atoms with Crippen LogP contribution in [0.3, 0.4) is 0 Å². The van der Waals surface area contributed by atoms with Crippen LogP contribution in [-0.2, 0) is 4.74 Å². The number of carbonyl (C=O) groups is 1. The van der Waals surface area contributed by atoms with Gasteiger partial charge in [0.25, 0.3) is 0 Å². The maximum Gasteiger partial charge on any atom is 0.407 e. The first-order chi connectivity index (χ1) is 8.85. The van der Waals surface area contributed by atoms with Crippen LogP contribution in [0.1, 0.15) is 44.5 Å². The molecule has 0 fully saturated rings. The smallest absolute Gasteiger partial charge is 0.407 e. The molecule has 0 aromatic rings. The number of hydrogen-bond donors (Lipinski definition) is 2. The highest BCUT2D eigenvalue weighted by atomic mass is 16.6. The number of nitrogens with one attached hydrogen (secondary N) is 1. The van der Waals surface area contributed by atoms with E-state index >= 15 is 0 Å². The van der Waals surface area contributed by atoms with E-state index in [9.17, 15) is 4.79 Å². The molecular weight excluding hydrogens is 168 g/mol. The van der Waals surface area contributed by atoms with Gasteiger partial charge < -0.3 is 15.8 Å². The molecule has 0 aromatic carbocycles. The molecule has 1 amide bonds. The van der Waals surface area contributed by atoms with E-state index in [1.54, 1.807) is 5.32 Å². The molecule has 0 unspecified atom stereocenters. The number of carbonyl (C=O) groups excluding carboxylic acids is 1. The molecule has 4 nitrogen and oxygen atoms in total. The van der Waals surface area contributed by atoms with Crippen molar-refractivity contribution in [3.05, 3.63) is 0 Å². The van der Waals surface area contributed by atoms with Crippen molar-refractivity contribution in [1.29, 1.82) is 0 Å². The van der Waals surface area contributed by atoms with Crippen molar-refractivity contribution < 1.29 is 20.5 Å². The van der Waals surface area contributed by atoms with Gasteiger partial charge in [-0.15, -0.1) is 0 Å². The molecule has 0 spiro atoms. The fraction of sp³-hybridized carbons (Fsp3) is 0.889. The molecular formula is C9H20N2O2. The number of nitrogens with two attached hydrogens (primary N) is 1. The second-order valence-electron chi connectivity index (χ2n) is 3.15. The summed E-state index contributed by atoms with van der Waals surface area (Å²) in [5.74, 6) is 0. The monoisotopic (exact) mass is 196 g/mol. The third-order valence-corrected chi connectivity index (χ3v) is 0.761. The quantitative estimate of drug-likeness (QED) is 0.711. The number of amides is 1. The Morgan fingerprint density at radius 1 is 1.54 bits per heavy atom. The van der Waals surface area contributed by atoms with Crippen LogP contribution in [0.4, 0.5) is 4.79 Å². The van der Waals surface area contributed by atoms with Gasteiger partial charge >= 0.3 is 6.09 Å². The molecule has 3 N–H and O–H groups in total. The van der Waals surface area contributed by atoms with Crippen molar-refractivity contribution in [1.82, 2.24) is 5.32 Å². The Hall–Kier alpha value is -0.770. The van der Waals surface area contributed by atoms with Crippen LogP contribution in [0.25, 0.3) is 0 Å². The summed E-state index contributed by atoms with van der Waals surface area (Å²) >= 11 is 0. The molecule has 13 heavy (non-hydrogen) atoms. The van der Waals surface area contributed by atoms with E-state index < -0.39 is 37.4 Å². The number of rotatable bonds is 4. The average Bonchev–Trinajstić information content (AvgIpc) is 2.10. The maximum absolute atomic E-state index is 11.5. The van der Waals surface area contributed by atoms with Crippen LogP contribution in [0.5, 0.6) is 0 Å². The van der Waals surface area contributed by atoms with Crippen LogP contribution >= 0.6 is 0 Å². The van der Waals surface area contributed by atoms with Crippen LogP contribution in [0, 0.1) is 0 Å². The van der Waals surface area contributed by atoms with Gasteiger partial charge in [0.05, 0.1) is 0 Å². The number of hydrogen-bond acceptors (Lipinski definition) is 3. The zero-order valence-electron chi connectivity index (χ0n) is 15.9. The second kappa shape index (κ2) is 5.80. The Morgan fingerprint density at radius 3 is 2.62 bits per heavy atom. The molecule has 0 bridgehead atoms. The summed E-state index contributed by atoms with van der Waals surface area (Å²) in [6, 6.07) is 0. The molecule has 0 aromatic heterocycles.